The van der Waals surface area contributed by atoms with E-state index in [0.717, 1.165) is 24.8 Å². The lowest BCUT2D eigenvalue weighted by Gasteiger charge is -2.47. The van der Waals surface area contributed by atoms with Crippen LogP contribution in [0.2, 0.25) is 0 Å². The van der Waals surface area contributed by atoms with E-state index in [0.29, 0.717) is 5.92 Å². The molecule has 1 N–H and O–H groups in total. The van der Waals surface area contributed by atoms with Gasteiger partial charge in [-0.1, -0.05) is 78.6 Å². The molecule has 2 atom stereocenters. The predicted molar refractivity (Wildman–Crippen MR) is 90.5 cm³/mol. The molecule has 118 valence electrons. The first-order chi connectivity index (χ1) is 9.55. The summed E-state index contributed by atoms with van der Waals surface area (Å²) in [5.41, 5.74) is 2.08. The fraction of sp³-hybridized carbons (Fsp3) is 0.700. The van der Waals surface area contributed by atoms with Gasteiger partial charge >= 0.3 is 0 Å². The zero-order valence-electron chi connectivity index (χ0n) is 14.7. The van der Waals surface area contributed by atoms with Gasteiger partial charge in [-0.05, 0) is 40.7 Å². The number of aliphatic hydroxyl groups is 1. The zero-order chi connectivity index (χ0) is 15.9. The molecule has 0 bridgehead atoms. The van der Waals surface area contributed by atoms with Crippen molar-refractivity contribution in [2.45, 2.75) is 78.2 Å². The molecule has 1 aromatic carbocycles. The monoisotopic (exact) mass is 288 g/mol. The molecule has 2 unspecified atom stereocenters. The van der Waals surface area contributed by atoms with Crippen LogP contribution < -0.4 is 0 Å². The van der Waals surface area contributed by atoms with Gasteiger partial charge in [-0.2, -0.15) is 0 Å². The van der Waals surface area contributed by atoms with Crippen molar-refractivity contribution in [1.29, 1.82) is 0 Å². The molecule has 1 fully saturated rings. The van der Waals surface area contributed by atoms with Gasteiger partial charge in [-0.25, -0.2) is 0 Å². The maximum atomic E-state index is 11.4. The maximum absolute atomic E-state index is 11.4. The molecule has 0 saturated heterocycles. The third-order valence-corrected chi connectivity index (χ3v) is 5.17. The van der Waals surface area contributed by atoms with Crippen LogP contribution in [-0.4, -0.2) is 5.11 Å². The van der Waals surface area contributed by atoms with Gasteiger partial charge in [0.1, 0.15) is 0 Å². The first kappa shape index (κ1) is 16.5. The highest BCUT2D eigenvalue weighted by Gasteiger charge is 2.45. The molecule has 1 aromatic rings. The minimum Gasteiger partial charge on any atom is -0.385 e. The molecule has 0 amide bonds. The molecule has 1 saturated carbocycles. The summed E-state index contributed by atoms with van der Waals surface area (Å²) in [6, 6.07) is 8.71. The van der Waals surface area contributed by atoms with Crippen molar-refractivity contribution < 1.29 is 5.11 Å². The van der Waals surface area contributed by atoms with Gasteiger partial charge in [0.2, 0.25) is 0 Å². The summed E-state index contributed by atoms with van der Waals surface area (Å²) in [6.07, 6.45) is 4.39. The van der Waals surface area contributed by atoms with E-state index in [-0.39, 0.29) is 10.8 Å². The standard InChI is InChI=1S/C20H32O/c1-18(2,3)15-10-12-16(13-11-15)20(21)14-8-7-9-17(20)19(4,5)6/h10-13,17,21H,7-9,14H2,1-6H3. The second-order valence-corrected chi connectivity index (χ2v) is 8.92. The fourth-order valence-electron chi connectivity index (χ4n) is 3.91. The largest absolute Gasteiger partial charge is 0.385 e. The van der Waals surface area contributed by atoms with Crippen LogP contribution in [0, 0.1) is 11.3 Å². The lowest BCUT2D eigenvalue weighted by molar-refractivity contribution is -0.0959. The molecule has 0 spiro atoms. The third kappa shape index (κ3) is 3.34. The van der Waals surface area contributed by atoms with E-state index >= 15 is 0 Å². The molecular weight excluding hydrogens is 256 g/mol. The van der Waals surface area contributed by atoms with Crippen molar-refractivity contribution in [3.63, 3.8) is 0 Å². The Kier molecular flexibility index (Phi) is 4.28. The van der Waals surface area contributed by atoms with E-state index in [4.69, 9.17) is 0 Å². The van der Waals surface area contributed by atoms with Gasteiger partial charge < -0.3 is 5.11 Å². The van der Waals surface area contributed by atoms with Crippen LogP contribution in [0.5, 0.6) is 0 Å². The highest BCUT2D eigenvalue weighted by Crippen LogP contribution is 2.49. The molecule has 0 aromatic heterocycles. The Hall–Kier alpha value is -0.820. The fourth-order valence-corrected chi connectivity index (χ4v) is 3.91. The molecule has 1 aliphatic rings. The summed E-state index contributed by atoms with van der Waals surface area (Å²) in [4.78, 5) is 0. The van der Waals surface area contributed by atoms with Crippen LogP contribution in [0.1, 0.15) is 78.4 Å². The van der Waals surface area contributed by atoms with E-state index in [9.17, 15) is 5.11 Å². The molecule has 0 heterocycles. The lowest BCUT2D eigenvalue weighted by Crippen LogP contribution is -2.44. The molecule has 0 radical (unpaired) electrons. The Balaban J connectivity index is 2.37. The summed E-state index contributed by atoms with van der Waals surface area (Å²) >= 11 is 0. The molecule has 1 aliphatic carbocycles. The number of hydrogen-bond donors (Lipinski definition) is 1. The maximum Gasteiger partial charge on any atom is 0.0929 e. The second kappa shape index (κ2) is 5.43. The van der Waals surface area contributed by atoms with E-state index in [1.54, 1.807) is 0 Å². The van der Waals surface area contributed by atoms with Gasteiger partial charge in [0, 0.05) is 0 Å². The van der Waals surface area contributed by atoms with Crippen LogP contribution in [-0.2, 0) is 11.0 Å². The normalized spacial score (nSPS) is 27.7. The average Bonchev–Trinajstić information content (AvgIpc) is 2.37. The van der Waals surface area contributed by atoms with Crippen molar-refractivity contribution in [1.82, 2.24) is 0 Å². The summed E-state index contributed by atoms with van der Waals surface area (Å²) in [7, 11) is 0. The molecule has 1 nitrogen and oxygen atoms in total. The third-order valence-electron chi connectivity index (χ3n) is 5.17. The topological polar surface area (TPSA) is 20.2 Å². The minimum absolute atomic E-state index is 0.137. The van der Waals surface area contributed by atoms with Crippen molar-refractivity contribution in [3.8, 4) is 0 Å². The summed E-state index contributed by atoms with van der Waals surface area (Å²) in [5.74, 6) is 0.333. The first-order valence-electron chi connectivity index (χ1n) is 8.38. The highest BCUT2D eigenvalue weighted by atomic mass is 16.3. The number of benzene rings is 1. The minimum atomic E-state index is -0.660. The van der Waals surface area contributed by atoms with Crippen LogP contribution >= 0.6 is 0 Å². The molecule has 0 aliphatic heterocycles. The number of hydrogen-bond acceptors (Lipinski definition) is 1. The Labute approximate surface area is 130 Å². The van der Waals surface area contributed by atoms with E-state index in [1.165, 1.54) is 12.0 Å². The zero-order valence-corrected chi connectivity index (χ0v) is 14.7. The van der Waals surface area contributed by atoms with Gasteiger partial charge in [0.25, 0.3) is 0 Å². The summed E-state index contributed by atoms with van der Waals surface area (Å²) in [6.45, 7) is 13.5. The summed E-state index contributed by atoms with van der Waals surface area (Å²) in [5, 5.41) is 11.4. The second-order valence-electron chi connectivity index (χ2n) is 8.92. The van der Waals surface area contributed by atoms with E-state index in [1.807, 2.05) is 0 Å². The smallest absolute Gasteiger partial charge is 0.0929 e. The predicted octanol–water partition coefficient (Wildman–Crippen LogP) is 5.41. The lowest BCUT2D eigenvalue weighted by atomic mass is 9.61. The Morgan fingerprint density at radius 3 is 2.00 bits per heavy atom. The summed E-state index contributed by atoms with van der Waals surface area (Å²) < 4.78 is 0. The first-order valence-corrected chi connectivity index (χ1v) is 8.38. The number of rotatable bonds is 1. The molecule has 2 rings (SSSR count). The van der Waals surface area contributed by atoms with Crippen molar-refractivity contribution in [3.05, 3.63) is 35.4 Å². The molecule has 1 heteroatoms. The van der Waals surface area contributed by atoms with Gasteiger partial charge in [-0.15, -0.1) is 0 Å². The SMILES string of the molecule is CC(C)(C)c1ccc(C2(O)CCCCC2C(C)(C)C)cc1. The highest BCUT2D eigenvalue weighted by molar-refractivity contribution is 5.32. The van der Waals surface area contributed by atoms with Crippen LogP contribution in [0.15, 0.2) is 24.3 Å². The Morgan fingerprint density at radius 2 is 1.52 bits per heavy atom. The van der Waals surface area contributed by atoms with E-state index in [2.05, 4.69) is 65.8 Å². The molecular formula is C20H32O. The van der Waals surface area contributed by atoms with Crippen molar-refractivity contribution >= 4 is 0 Å². The van der Waals surface area contributed by atoms with Gasteiger partial charge in [0.15, 0.2) is 0 Å². The van der Waals surface area contributed by atoms with Crippen molar-refractivity contribution in [2.75, 3.05) is 0 Å². The Morgan fingerprint density at radius 1 is 0.952 bits per heavy atom. The quantitative estimate of drug-likeness (QED) is 0.732. The Bertz CT molecular complexity index is 472. The van der Waals surface area contributed by atoms with Gasteiger partial charge in [0.05, 0.1) is 5.60 Å². The van der Waals surface area contributed by atoms with Crippen molar-refractivity contribution in [2.24, 2.45) is 11.3 Å². The van der Waals surface area contributed by atoms with Gasteiger partial charge in [-0.3, -0.25) is 0 Å². The average molecular weight is 288 g/mol. The molecule has 21 heavy (non-hydrogen) atoms. The van der Waals surface area contributed by atoms with E-state index < -0.39 is 5.60 Å². The van der Waals surface area contributed by atoms with Crippen LogP contribution in [0.4, 0.5) is 0 Å². The van der Waals surface area contributed by atoms with Crippen LogP contribution in [0.25, 0.3) is 0 Å². The van der Waals surface area contributed by atoms with Crippen LogP contribution in [0.3, 0.4) is 0 Å².